The van der Waals surface area contributed by atoms with E-state index in [4.69, 9.17) is 9.72 Å². The molecule has 25 heavy (non-hydrogen) atoms. The van der Waals surface area contributed by atoms with Crippen LogP contribution in [0, 0.1) is 5.92 Å². The van der Waals surface area contributed by atoms with Gasteiger partial charge in [-0.15, -0.1) is 35.3 Å². The van der Waals surface area contributed by atoms with Gasteiger partial charge in [0.05, 0.1) is 17.2 Å². The Morgan fingerprint density at radius 3 is 2.72 bits per heavy atom. The van der Waals surface area contributed by atoms with Gasteiger partial charge in [0.1, 0.15) is 0 Å². The average Bonchev–Trinajstić information content (AvgIpc) is 3.21. The summed E-state index contributed by atoms with van der Waals surface area (Å²) in [6.45, 7) is 12.8. The van der Waals surface area contributed by atoms with Crippen LogP contribution in [0.25, 0.3) is 0 Å². The van der Waals surface area contributed by atoms with Crippen LogP contribution in [-0.4, -0.2) is 37.2 Å². The van der Waals surface area contributed by atoms with E-state index in [-0.39, 0.29) is 29.4 Å². The second-order valence-electron chi connectivity index (χ2n) is 7.39. The van der Waals surface area contributed by atoms with Gasteiger partial charge in [0.2, 0.25) is 0 Å². The van der Waals surface area contributed by atoms with Gasteiger partial charge in [-0.05, 0) is 32.1 Å². The van der Waals surface area contributed by atoms with Crippen molar-refractivity contribution in [2.75, 3.05) is 26.3 Å². The van der Waals surface area contributed by atoms with Gasteiger partial charge in [0.25, 0.3) is 0 Å². The van der Waals surface area contributed by atoms with Crippen LogP contribution in [0.15, 0.2) is 10.4 Å². The van der Waals surface area contributed by atoms with E-state index >= 15 is 0 Å². The van der Waals surface area contributed by atoms with E-state index in [0.29, 0.717) is 6.54 Å². The SMILES string of the molecule is CCNC(=NCc1csc(C(C)(C)C)n1)NCCCOCC1CC1.I. The summed E-state index contributed by atoms with van der Waals surface area (Å²) in [7, 11) is 0. The Labute approximate surface area is 173 Å². The number of rotatable bonds is 9. The molecule has 1 saturated carbocycles. The number of halogens is 1. The van der Waals surface area contributed by atoms with Crippen LogP contribution >= 0.6 is 35.3 Å². The van der Waals surface area contributed by atoms with E-state index in [9.17, 15) is 0 Å². The molecule has 0 unspecified atom stereocenters. The van der Waals surface area contributed by atoms with E-state index in [2.05, 4.69) is 48.7 Å². The smallest absolute Gasteiger partial charge is 0.191 e. The Kier molecular flexibility index (Phi) is 10.3. The summed E-state index contributed by atoms with van der Waals surface area (Å²) >= 11 is 1.72. The molecule has 2 rings (SSSR count). The zero-order valence-electron chi connectivity index (χ0n) is 15.9. The highest BCUT2D eigenvalue weighted by Crippen LogP contribution is 2.28. The highest BCUT2D eigenvalue weighted by atomic mass is 127. The van der Waals surface area contributed by atoms with Crippen molar-refractivity contribution in [2.24, 2.45) is 10.9 Å². The van der Waals surface area contributed by atoms with E-state index in [1.165, 1.54) is 17.8 Å². The molecule has 0 spiro atoms. The lowest BCUT2D eigenvalue weighted by Crippen LogP contribution is -2.38. The maximum atomic E-state index is 5.65. The first-order valence-electron chi connectivity index (χ1n) is 9.04. The van der Waals surface area contributed by atoms with E-state index in [0.717, 1.165) is 50.3 Å². The summed E-state index contributed by atoms with van der Waals surface area (Å²) in [6.07, 6.45) is 3.70. The first-order chi connectivity index (χ1) is 11.5. The van der Waals surface area contributed by atoms with Gasteiger partial charge in [-0.1, -0.05) is 20.8 Å². The fourth-order valence-corrected chi connectivity index (χ4v) is 3.04. The van der Waals surface area contributed by atoms with Crippen molar-refractivity contribution in [3.8, 4) is 0 Å². The maximum absolute atomic E-state index is 5.65. The zero-order valence-corrected chi connectivity index (χ0v) is 19.1. The molecule has 1 aromatic heterocycles. The summed E-state index contributed by atoms with van der Waals surface area (Å²) in [5.74, 6) is 1.69. The summed E-state index contributed by atoms with van der Waals surface area (Å²) in [5.41, 5.74) is 1.14. The molecule has 1 aliphatic carbocycles. The largest absolute Gasteiger partial charge is 0.381 e. The molecule has 0 saturated heterocycles. The summed E-state index contributed by atoms with van der Waals surface area (Å²) in [4.78, 5) is 9.33. The third-order valence-electron chi connectivity index (χ3n) is 3.75. The Hall–Kier alpha value is -0.410. The third kappa shape index (κ3) is 9.19. The lowest BCUT2D eigenvalue weighted by Gasteiger charge is -2.13. The molecule has 0 aliphatic heterocycles. The molecule has 144 valence electrons. The molecule has 0 aromatic carbocycles. The number of guanidine groups is 1. The molecular weight excluding hydrogens is 447 g/mol. The molecule has 2 N–H and O–H groups in total. The van der Waals surface area contributed by atoms with Crippen LogP contribution in [0.4, 0.5) is 0 Å². The van der Waals surface area contributed by atoms with Crippen LogP contribution in [-0.2, 0) is 16.7 Å². The van der Waals surface area contributed by atoms with Crippen LogP contribution < -0.4 is 10.6 Å². The molecule has 1 aromatic rings. The van der Waals surface area contributed by atoms with Crippen molar-refractivity contribution in [1.29, 1.82) is 0 Å². The fourth-order valence-electron chi connectivity index (χ4n) is 2.14. The number of nitrogens with one attached hydrogen (secondary N) is 2. The quantitative estimate of drug-likeness (QED) is 0.244. The molecule has 5 nitrogen and oxygen atoms in total. The van der Waals surface area contributed by atoms with Gasteiger partial charge in [-0.2, -0.15) is 0 Å². The van der Waals surface area contributed by atoms with Crippen LogP contribution in [0.3, 0.4) is 0 Å². The molecule has 1 heterocycles. The number of nitrogens with zero attached hydrogens (tertiary/aromatic N) is 2. The van der Waals surface area contributed by atoms with Crippen LogP contribution in [0.5, 0.6) is 0 Å². The number of aliphatic imine (C=N–C) groups is 1. The first-order valence-corrected chi connectivity index (χ1v) is 9.92. The van der Waals surface area contributed by atoms with Crippen molar-refractivity contribution < 1.29 is 4.74 Å². The summed E-state index contributed by atoms with van der Waals surface area (Å²) in [6, 6.07) is 0. The minimum atomic E-state index is 0. The highest BCUT2D eigenvalue weighted by molar-refractivity contribution is 14.0. The van der Waals surface area contributed by atoms with Gasteiger partial charge in [0, 0.05) is 37.1 Å². The van der Waals surface area contributed by atoms with E-state index in [1.807, 2.05) is 0 Å². The molecule has 1 aliphatic rings. The van der Waals surface area contributed by atoms with Gasteiger partial charge in [-0.3, -0.25) is 0 Å². The number of hydrogen-bond donors (Lipinski definition) is 2. The summed E-state index contributed by atoms with van der Waals surface area (Å²) < 4.78 is 5.65. The van der Waals surface area contributed by atoms with Crippen molar-refractivity contribution in [2.45, 2.75) is 58.9 Å². The van der Waals surface area contributed by atoms with E-state index < -0.39 is 0 Å². The van der Waals surface area contributed by atoms with Gasteiger partial charge >= 0.3 is 0 Å². The number of hydrogen-bond acceptors (Lipinski definition) is 4. The predicted molar refractivity (Wildman–Crippen MR) is 117 cm³/mol. The third-order valence-corrected chi connectivity index (χ3v) is 5.06. The molecule has 0 radical (unpaired) electrons. The zero-order chi connectivity index (χ0) is 17.4. The van der Waals surface area contributed by atoms with Crippen molar-refractivity contribution in [3.05, 3.63) is 16.1 Å². The lowest BCUT2D eigenvalue weighted by atomic mass is 9.98. The Morgan fingerprint density at radius 1 is 1.36 bits per heavy atom. The van der Waals surface area contributed by atoms with Crippen molar-refractivity contribution in [1.82, 2.24) is 15.6 Å². The first kappa shape index (κ1) is 22.6. The average molecular weight is 480 g/mol. The molecule has 0 atom stereocenters. The molecule has 0 amide bonds. The fraction of sp³-hybridized carbons (Fsp3) is 0.778. The molecular formula is C18H33IN4OS. The second kappa shape index (κ2) is 11.3. The van der Waals surface area contributed by atoms with Crippen LogP contribution in [0.1, 0.15) is 57.7 Å². The van der Waals surface area contributed by atoms with Gasteiger partial charge < -0.3 is 15.4 Å². The molecule has 7 heteroatoms. The molecule has 0 bridgehead atoms. The Balaban J connectivity index is 0.00000312. The topological polar surface area (TPSA) is 58.5 Å². The minimum absolute atomic E-state index is 0. The van der Waals surface area contributed by atoms with Crippen molar-refractivity contribution in [3.63, 3.8) is 0 Å². The van der Waals surface area contributed by atoms with E-state index in [1.54, 1.807) is 11.3 Å². The predicted octanol–water partition coefficient (Wildman–Crippen LogP) is 3.93. The van der Waals surface area contributed by atoms with Gasteiger partial charge in [-0.25, -0.2) is 9.98 Å². The Bertz CT molecular complexity index is 523. The number of aromatic nitrogens is 1. The standard InChI is InChI=1S/C18H32N4OS.HI/c1-5-19-17(20-9-6-10-23-12-14-7-8-14)21-11-15-13-24-16(22-15)18(2,3)4;/h13-14H,5-12H2,1-4H3,(H2,19,20,21);1H. The lowest BCUT2D eigenvalue weighted by molar-refractivity contribution is 0.123. The molecule has 1 fully saturated rings. The van der Waals surface area contributed by atoms with Crippen LogP contribution in [0.2, 0.25) is 0 Å². The number of ether oxygens (including phenoxy) is 1. The minimum Gasteiger partial charge on any atom is -0.381 e. The Morgan fingerprint density at radius 2 is 2.12 bits per heavy atom. The van der Waals surface area contributed by atoms with Gasteiger partial charge in [0.15, 0.2) is 5.96 Å². The normalized spacial score (nSPS) is 15.0. The highest BCUT2D eigenvalue weighted by Gasteiger charge is 2.20. The summed E-state index contributed by atoms with van der Waals surface area (Å²) in [5, 5.41) is 9.92. The number of thiazole rings is 1. The van der Waals surface area contributed by atoms with Crippen molar-refractivity contribution >= 4 is 41.3 Å². The second-order valence-corrected chi connectivity index (χ2v) is 8.25. The maximum Gasteiger partial charge on any atom is 0.191 e. The monoisotopic (exact) mass is 480 g/mol.